The first-order chi connectivity index (χ1) is 12.5. The Balaban J connectivity index is 1.96. The van der Waals surface area contributed by atoms with Crippen molar-refractivity contribution in [3.8, 4) is 17.2 Å². The van der Waals surface area contributed by atoms with E-state index in [1.54, 1.807) is 27.4 Å². The third kappa shape index (κ3) is 5.14. The Labute approximate surface area is 162 Å². The van der Waals surface area contributed by atoms with E-state index in [1.807, 2.05) is 25.1 Å². The maximum absolute atomic E-state index is 12.3. The zero-order valence-electron chi connectivity index (χ0n) is 15.5. The van der Waals surface area contributed by atoms with Gasteiger partial charge in [0, 0.05) is 11.0 Å². The molecular weight excluding hydrogens is 398 g/mol. The zero-order valence-corrected chi connectivity index (χ0v) is 17.1. The molecule has 0 fully saturated rings. The molecule has 5 nitrogen and oxygen atoms in total. The molecule has 0 aromatic heterocycles. The Hall–Kier alpha value is -2.21. The first-order valence-electron chi connectivity index (χ1n) is 8.29. The summed E-state index contributed by atoms with van der Waals surface area (Å²) >= 11 is 3.48. The predicted octanol–water partition coefficient (Wildman–Crippen LogP) is 3.68. The van der Waals surface area contributed by atoms with Gasteiger partial charge in [0.25, 0.3) is 0 Å². The maximum atomic E-state index is 12.3. The number of benzene rings is 2. The van der Waals surface area contributed by atoms with Crippen molar-refractivity contribution in [3.05, 3.63) is 51.5 Å². The monoisotopic (exact) mass is 421 g/mol. The maximum Gasteiger partial charge on any atom is 0.224 e. The first kappa shape index (κ1) is 20.1. The highest BCUT2D eigenvalue weighted by Crippen LogP contribution is 2.33. The van der Waals surface area contributed by atoms with Crippen molar-refractivity contribution in [2.45, 2.75) is 19.8 Å². The topological polar surface area (TPSA) is 56.8 Å². The number of rotatable bonds is 8. The normalized spacial score (nSPS) is 10.3. The van der Waals surface area contributed by atoms with Crippen LogP contribution in [0.4, 0.5) is 0 Å². The number of hydrogen-bond donors (Lipinski definition) is 1. The number of carbonyl (C=O) groups excluding carboxylic acids is 1. The van der Waals surface area contributed by atoms with Crippen LogP contribution >= 0.6 is 15.9 Å². The minimum Gasteiger partial charge on any atom is -0.496 e. The average molecular weight is 422 g/mol. The number of nitrogens with one attached hydrogen (secondary N) is 1. The van der Waals surface area contributed by atoms with Gasteiger partial charge in [0.05, 0.1) is 27.8 Å². The molecule has 6 heteroatoms. The number of methoxy groups -OCH3 is 3. The lowest BCUT2D eigenvalue weighted by molar-refractivity contribution is -0.120. The van der Waals surface area contributed by atoms with E-state index in [0.29, 0.717) is 24.5 Å². The minimum absolute atomic E-state index is 0.0514. The molecule has 26 heavy (non-hydrogen) atoms. The van der Waals surface area contributed by atoms with E-state index in [2.05, 4.69) is 27.3 Å². The smallest absolute Gasteiger partial charge is 0.224 e. The lowest BCUT2D eigenvalue weighted by Gasteiger charge is -2.13. The number of amides is 1. The largest absolute Gasteiger partial charge is 0.496 e. The average Bonchev–Trinajstić information content (AvgIpc) is 2.63. The molecule has 0 aliphatic carbocycles. The summed E-state index contributed by atoms with van der Waals surface area (Å²) in [7, 11) is 4.81. The summed E-state index contributed by atoms with van der Waals surface area (Å²) in [6, 6.07) is 9.66. The van der Waals surface area contributed by atoms with E-state index in [4.69, 9.17) is 14.2 Å². The second kappa shape index (κ2) is 9.48. The summed E-state index contributed by atoms with van der Waals surface area (Å²) in [4.78, 5) is 12.3. The van der Waals surface area contributed by atoms with E-state index in [1.165, 1.54) is 5.56 Å². The van der Waals surface area contributed by atoms with Crippen LogP contribution in [0.3, 0.4) is 0 Å². The summed E-state index contributed by atoms with van der Waals surface area (Å²) in [5, 5.41) is 2.96. The van der Waals surface area contributed by atoms with E-state index in [0.717, 1.165) is 21.3 Å². The Morgan fingerprint density at radius 3 is 2.27 bits per heavy atom. The Morgan fingerprint density at radius 2 is 1.62 bits per heavy atom. The van der Waals surface area contributed by atoms with Crippen LogP contribution in [0.2, 0.25) is 0 Å². The Kier molecular flexibility index (Phi) is 7.33. The summed E-state index contributed by atoms with van der Waals surface area (Å²) in [5.74, 6) is 2.01. The molecule has 0 aliphatic rings. The molecule has 0 saturated heterocycles. The highest BCUT2D eigenvalue weighted by Gasteiger charge is 2.13. The van der Waals surface area contributed by atoms with Gasteiger partial charge >= 0.3 is 0 Å². The van der Waals surface area contributed by atoms with Crippen LogP contribution in [0.5, 0.6) is 17.2 Å². The van der Waals surface area contributed by atoms with Gasteiger partial charge in [-0.1, -0.05) is 33.6 Å². The van der Waals surface area contributed by atoms with Gasteiger partial charge in [-0.15, -0.1) is 0 Å². The molecule has 0 saturated carbocycles. The molecule has 1 N–H and O–H groups in total. The second-order valence-corrected chi connectivity index (χ2v) is 6.74. The van der Waals surface area contributed by atoms with Crippen LogP contribution < -0.4 is 19.5 Å². The fourth-order valence-corrected chi connectivity index (χ4v) is 3.17. The van der Waals surface area contributed by atoms with Crippen molar-refractivity contribution in [1.29, 1.82) is 0 Å². The molecule has 0 atom stereocenters. The number of aryl methyl sites for hydroxylation is 1. The quantitative estimate of drug-likeness (QED) is 0.705. The van der Waals surface area contributed by atoms with E-state index in [-0.39, 0.29) is 12.3 Å². The van der Waals surface area contributed by atoms with Gasteiger partial charge in [-0.3, -0.25) is 4.79 Å². The number of hydrogen-bond acceptors (Lipinski definition) is 4. The lowest BCUT2D eigenvalue weighted by Crippen LogP contribution is -2.27. The molecule has 2 rings (SSSR count). The van der Waals surface area contributed by atoms with Crippen LogP contribution in [0, 0.1) is 6.92 Å². The summed E-state index contributed by atoms with van der Waals surface area (Å²) in [6.07, 6.45) is 0.968. The molecular formula is C20H24BrNO4. The van der Waals surface area contributed by atoms with Crippen LogP contribution in [-0.2, 0) is 17.6 Å². The highest BCUT2D eigenvalue weighted by atomic mass is 79.9. The van der Waals surface area contributed by atoms with Gasteiger partial charge in [0.2, 0.25) is 5.91 Å². The van der Waals surface area contributed by atoms with Crippen LogP contribution in [0.1, 0.15) is 16.7 Å². The van der Waals surface area contributed by atoms with Crippen molar-refractivity contribution in [2.24, 2.45) is 0 Å². The SMILES string of the molecule is COc1ccc(C)cc1CCNC(=O)Cc1cc(OC)c(OC)cc1Br. The van der Waals surface area contributed by atoms with Gasteiger partial charge in [-0.05, 0) is 42.7 Å². The molecule has 0 radical (unpaired) electrons. The van der Waals surface area contributed by atoms with E-state index >= 15 is 0 Å². The molecule has 2 aromatic rings. The fraction of sp³-hybridized carbons (Fsp3) is 0.350. The van der Waals surface area contributed by atoms with Crippen LogP contribution in [-0.4, -0.2) is 33.8 Å². The van der Waals surface area contributed by atoms with Crippen molar-refractivity contribution in [3.63, 3.8) is 0 Å². The van der Waals surface area contributed by atoms with Crippen LogP contribution in [0.25, 0.3) is 0 Å². The van der Waals surface area contributed by atoms with Crippen molar-refractivity contribution < 1.29 is 19.0 Å². The predicted molar refractivity (Wildman–Crippen MR) is 105 cm³/mol. The highest BCUT2D eigenvalue weighted by molar-refractivity contribution is 9.10. The van der Waals surface area contributed by atoms with Crippen LogP contribution in [0.15, 0.2) is 34.8 Å². The number of halogens is 1. The summed E-state index contributed by atoms with van der Waals surface area (Å²) < 4.78 is 16.7. The lowest BCUT2D eigenvalue weighted by atomic mass is 10.1. The molecule has 0 heterocycles. The van der Waals surface area contributed by atoms with Gasteiger partial charge in [-0.25, -0.2) is 0 Å². The van der Waals surface area contributed by atoms with Crippen molar-refractivity contribution >= 4 is 21.8 Å². The zero-order chi connectivity index (χ0) is 19.1. The second-order valence-electron chi connectivity index (χ2n) is 5.89. The number of carbonyl (C=O) groups is 1. The molecule has 0 unspecified atom stereocenters. The Bertz CT molecular complexity index is 777. The molecule has 0 bridgehead atoms. The molecule has 2 aromatic carbocycles. The molecule has 1 amide bonds. The van der Waals surface area contributed by atoms with Crippen molar-refractivity contribution in [1.82, 2.24) is 5.32 Å². The minimum atomic E-state index is -0.0514. The third-order valence-corrected chi connectivity index (χ3v) is 4.79. The third-order valence-electron chi connectivity index (χ3n) is 4.06. The fourth-order valence-electron chi connectivity index (χ4n) is 2.71. The molecule has 140 valence electrons. The Morgan fingerprint density at radius 1 is 0.962 bits per heavy atom. The van der Waals surface area contributed by atoms with Crippen molar-refractivity contribution in [2.75, 3.05) is 27.9 Å². The van der Waals surface area contributed by atoms with Gasteiger partial charge in [-0.2, -0.15) is 0 Å². The summed E-state index contributed by atoms with van der Waals surface area (Å²) in [5.41, 5.74) is 3.09. The molecule has 0 aliphatic heterocycles. The van der Waals surface area contributed by atoms with Gasteiger partial charge in [0.1, 0.15) is 5.75 Å². The first-order valence-corrected chi connectivity index (χ1v) is 9.08. The van der Waals surface area contributed by atoms with Gasteiger partial charge < -0.3 is 19.5 Å². The van der Waals surface area contributed by atoms with E-state index in [9.17, 15) is 4.79 Å². The number of ether oxygens (including phenoxy) is 3. The standard InChI is InChI=1S/C20H24BrNO4/c1-13-5-6-17(24-2)14(9-13)7-8-22-20(23)11-15-10-18(25-3)19(26-4)12-16(15)21/h5-6,9-10,12H,7-8,11H2,1-4H3,(H,22,23). The molecule has 0 spiro atoms. The van der Waals surface area contributed by atoms with E-state index < -0.39 is 0 Å². The summed E-state index contributed by atoms with van der Waals surface area (Å²) in [6.45, 7) is 2.58. The van der Waals surface area contributed by atoms with Gasteiger partial charge in [0.15, 0.2) is 11.5 Å².